The Hall–Kier alpha value is -2.73. The molecule has 1 aromatic carbocycles. The van der Waals surface area contributed by atoms with Crippen molar-refractivity contribution in [2.24, 2.45) is 11.8 Å². The largest absolute Gasteiger partial charge is 0.479 e. The van der Waals surface area contributed by atoms with Gasteiger partial charge in [0.25, 0.3) is 0 Å². The van der Waals surface area contributed by atoms with E-state index in [4.69, 9.17) is 9.84 Å². The molecule has 2 aromatic rings. The fraction of sp³-hybridized carbons (Fsp3) is 0.480. The highest BCUT2D eigenvalue weighted by Crippen LogP contribution is 2.30. The van der Waals surface area contributed by atoms with Gasteiger partial charge in [0.05, 0.1) is 6.61 Å². The van der Waals surface area contributed by atoms with Gasteiger partial charge in [-0.3, -0.25) is 4.79 Å². The van der Waals surface area contributed by atoms with Gasteiger partial charge >= 0.3 is 5.97 Å². The van der Waals surface area contributed by atoms with E-state index in [1.807, 2.05) is 47.2 Å². The number of aromatic nitrogens is 2. The van der Waals surface area contributed by atoms with Gasteiger partial charge in [0.15, 0.2) is 11.9 Å². The van der Waals surface area contributed by atoms with Crippen molar-refractivity contribution < 1.29 is 19.4 Å². The number of ether oxygens (including phenoxy) is 1. The van der Waals surface area contributed by atoms with Gasteiger partial charge in [0.1, 0.15) is 0 Å². The van der Waals surface area contributed by atoms with Crippen LogP contribution in [0.15, 0.2) is 42.7 Å². The fourth-order valence-electron chi connectivity index (χ4n) is 4.04. The van der Waals surface area contributed by atoms with Crippen LogP contribution in [0.2, 0.25) is 0 Å². The number of rotatable bonds is 10. The second-order valence-electron chi connectivity index (χ2n) is 8.42. The van der Waals surface area contributed by atoms with Crippen molar-refractivity contribution in [3.05, 3.63) is 59.7 Å². The molecule has 6 nitrogen and oxygen atoms in total. The van der Waals surface area contributed by atoms with Gasteiger partial charge in [-0.2, -0.15) is 0 Å². The molecule has 3 rings (SSSR count). The summed E-state index contributed by atoms with van der Waals surface area (Å²) in [6.07, 6.45) is 11.3. The molecule has 1 saturated carbocycles. The first kappa shape index (κ1) is 22.9. The van der Waals surface area contributed by atoms with Crippen molar-refractivity contribution in [2.75, 3.05) is 0 Å². The molecule has 0 spiro atoms. The third-order valence-electron chi connectivity index (χ3n) is 5.98. The summed E-state index contributed by atoms with van der Waals surface area (Å²) in [5, 5.41) is 9.10. The number of hydrogen-bond acceptors (Lipinski definition) is 4. The van der Waals surface area contributed by atoms with E-state index in [0.29, 0.717) is 24.7 Å². The van der Waals surface area contributed by atoms with E-state index in [-0.39, 0.29) is 18.3 Å². The van der Waals surface area contributed by atoms with E-state index >= 15 is 0 Å². The summed E-state index contributed by atoms with van der Waals surface area (Å²) < 4.78 is 7.40. The molecule has 1 aliphatic rings. The highest BCUT2D eigenvalue weighted by molar-refractivity contribution is 5.94. The third kappa shape index (κ3) is 6.37. The molecule has 1 unspecified atom stereocenters. The highest BCUT2D eigenvalue weighted by Gasteiger charge is 2.27. The maximum Gasteiger partial charge on any atom is 0.332 e. The first-order chi connectivity index (χ1) is 15.0. The number of imidazole rings is 1. The number of nitrogens with zero attached hydrogens (tertiary/aromatic N) is 2. The van der Waals surface area contributed by atoms with Gasteiger partial charge in [0.2, 0.25) is 5.78 Å². The molecule has 166 valence electrons. The quantitative estimate of drug-likeness (QED) is 0.544. The fourth-order valence-corrected chi connectivity index (χ4v) is 4.04. The second-order valence-corrected chi connectivity index (χ2v) is 8.42. The molecule has 1 aromatic heterocycles. The van der Waals surface area contributed by atoms with Crippen LogP contribution in [-0.2, 0) is 22.7 Å². The zero-order valence-electron chi connectivity index (χ0n) is 18.4. The maximum atomic E-state index is 12.9. The summed E-state index contributed by atoms with van der Waals surface area (Å²) in [6.45, 7) is 4.87. The predicted molar refractivity (Wildman–Crippen MR) is 120 cm³/mol. The van der Waals surface area contributed by atoms with Crippen LogP contribution in [0.3, 0.4) is 0 Å². The van der Waals surface area contributed by atoms with E-state index in [1.54, 1.807) is 13.1 Å². The molecule has 0 saturated heterocycles. The number of allylic oxidation sites excluding steroid dienone is 1. The lowest BCUT2D eigenvalue weighted by Gasteiger charge is -2.24. The van der Waals surface area contributed by atoms with Crippen molar-refractivity contribution >= 4 is 17.8 Å². The van der Waals surface area contributed by atoms with Crippen molar-refractivity contribution in [3.63, 3.8) is 0 Å². The molecular formula is C25H32N2O4. The van der Waals surface area contributed by atoms with Gasteiger partial charge in [-0.05, 0) is 42.4 Å². The van der Waals surface area contributed by atoms with Gasteiger partial charge in [0, 0.05) is 24.9 Å². The van der Waals surface area contributed by atoms with Crippen LogP contribution in [-0.4, -0.2) is 32.5 Å². The first-order valence-corrected chi connectivity index (χ1v) is 11.1. The Morgan fingerprint density at radius 3 is 2.77 bits per heavy atom. The molecule has 0 aliphatic heterocycles. The summed E-state index contributed by atoms with van der Waals surface area (Å²) in [5.41, 5.74) is 1.92. The van der Waals surface area contributed by atoms with E-state index in [9.17, 15) is 9.59 Å². The van der Waals surface area contributed by atoms with E-state index in [2.05, 4.69) is 11.9 Å². The maximum absolute atomic E-state index is 12.9. The monoisotopic (exact) mass is 424 g/mol. The number of carboxylic acids is 1. The van der Waals surface area contributed by atoms with Gasteiger partial charge < -0.3 is 14.4 Å². The Bertz CT molecular complexity index is 910. The average Bonchev–Trinajstić information content (AvgIpc) is 3.23. The number of Topliss-reactive ketones (excluding diaryl/α,β-unsaturated/α-hetero) is 1. The smallest absolute Gasteiger partial charge is 0.332 e. The molecule has 6 heteroatoms. The lowest BCUT2D eigenvalue weighted by atomic mass is 9.81. The molecule has 1 N–H and O–H groups in total. The molecule has 31 heavy (non-hydrogen) atoms. The Morgan fingerprint density at radius 2 is 2.06 bits per heavy atom. The van der Waals surface area contributed by atoms with Gasteiger partial charge in [-0.25, -0.2) is 9.78 Å². The van der Waals surface area contributed by atoms with Crippen LogP contribution in [0, 0.1) is 11.8 Å². The first-order valence-electron chi connectivity index (χ1n) is 11.1. The van der Waals surface area contributed by atoms with Crippen LogP contribution >= 0.6 is 0 Å². The zero-order chi connectivity index (χ0) is 22.2. The zero-order valence-corrected chi connectivity index (χ0v) is 18.4. The van der Waals surface area contributed by atoms with Crippen molar-refractivity contribution in [1.82, 2.24) is 9.55 Å². The van der Waals surface area contributed by atoms with E-state index in [0.717, 1.165) is 36.8 Å². The summed E-state index contributed by atoms with van der Waals surface area (Å²) in [4.78, 5) is 28.3. The van der Waals surface area contributed by atoms with E-state index < -0.39 is 12.1 Å². The summed E-state index contributed by atoms with van der Waals surface area (Å²) in [5.74, 6) is 0.576. The SMILES string of the molecule is CCC(OCc1cccc(/C=C/Cn2ccnc2C(=O)C2CCC(C)CC2)c1)C(=O)O. The number of carbonyl (C=O) groups excluding carboxylic acids is 1. The van der Waals surface area contributed by atoms with Crippen LogP contribution in [0.5, 0.6) is 0 Å². The second kappa shape index (κ2) is 11.0. The summed E-state index contributed by atoms with van der Waals surface area (Å²) in [6, 6.07) is 7.81. The average molecular weight is 425 g/mol. The molecule has 0 amide bonds. The molecule has 1 heterocycles. The minimum Gasteiger partial charge on any atom is -0.479 e. The topological polar surface area (TPSA) is 81.4 Å². The van der Waals surface area contributed by atoms with Crippen molar-refractivity contribution in [3.8, 4) is 0 Å². The Kier molecular flexibility index (Phi) is 8.18. The molecule has 1 atom stereocenters. The molecule has 0 radical (unpaired) electrons. The minimum absolute atomic E-state index is 0.0933. The highest BCUT2D eigenvalue weighted by atomic mass is 16.5. The van der Waals surface area contributed by atoms with Crippen LogP contribution in [0.1, 0.15) is 67.7 Å². The van der Waals surface area contributed by atoms with Crippen LogP contribution < -0.4 is 0 Å². The Balaban J connectivity index is 1.58. The molecule has 0 bridgehead atoms. The Morgan fingerprint density at radius 1 is 1.29 bits per heavy atom. The predicted octanol–water partition coefficient (Wildman–Crippen LogP) is 4.99. The lowest BCUT2D eigenvalue weighted by Crippen LogP contribution is -2.23. The van der Waals surface area contributed by atoms with Crippen molar-refractivity contribution in [1.29, 1.82) is 0 Å². The van der Waals surface area contributed by atoms with Crippen molar-refractivity contribution in [2.45, 2.75) is 65.2 Å². The molecule has 1 aliphatic carbocycles. The standard InChI is InChI=1S/C25H32N2O4/c1-3-22(25(29)30)31-17-20-7-4-6-19(16-20)8-5-14-27-15-13-26-24(27)23(28)21-11-9-18(2)10-12-21/h4-8,13,15-16,18,21-22H,3,9-12,14,17H2,1-2H3,(H,29,30)/b8-5+. The number of carboxylic acid groups (broad SMARTS) is 1. The number of aliphatic carboxylic acids is 1. The lowest BCUT2D eigenvalue weighted by molar-refractivity contribution is -0.151. The number of hydrogen-bond donors (Lipinski definition) is 1. The summed E-state index contributed by atoms with van der Waals surface area (Å²) in [7, 11) is 0. The van der Waals surface area contributed by atoms with E-state index in [1.165, 1.54) is 0 Å². The Labute approximate surface area is 184 Å². The third-order valence-corrected chi connectivity index (χ3v) is 5.98. The molecule has 1 fully saturated rings. The summed E-state index contributed by atoms with van der Waals surface area (Å²) >= 11 is 0. The number of benzene rings is 1. The number of carbonyl (C=O) groups is 2. The van der Waals surface area contributed by atoms with Gasteiger partial charge in [-0.1, -0.05) is 57.0 Å². The van der Waals surface area contributed by atoms with Crippen LogP contribution in [0.4, 0.5) is 0 Å². The van der Waals surface area contributed by atoms with Crippen LogP contribution in [0.25, 0.3) is 6.08 Å². The van der Waals surface area contributed by atoms with Gasteiger partial charge in [-0.15, -0.1) is 0 Å². The normalized spacial score (nSPS) is 20.1. The minimum atomic E-state index is -0.938. The number of ketones is 1. The molecular weight excluding hydrogens is 392 g/mol.